The van der Waals surface area contributed by atoms with Crippen molar-refractivity contribution < 1.29 is 58.9 Å². The smallest absolute Gasteiger partial charge is 0.342 e. The minimum atomic E-state index is -2.67. The summed E-state index contributed by atoms with van der Waals surface area (Å²) in [6.07, 6.45) is 31.7. The molecular formula is C110H214O13Si10. The first-order chi connectivity index (χ1) is 59.2. The van der Waals surface area contributed by atoms with Crippen LogP contribution >= 0.6 is 0 Å². The van der Waals surface area contributed by atoms with Gasteiger partial charge in [-0.05, 0) is 263 Å². The Morgan fingerprint density at radius 3 is 1.14 bits per heavy atom. The molecule has 23 heteroatoms. The minimum Gasteiger partial charge on any atom is -0.547 e. The van der Waals surface area contributed by atoms with Crippen molar-refractivity contribution in [3.8, 4) is 18.1 Å². The average molecular weight is 2030 g/mol. The number of terminal acetylenes is 1. The third-order valence-electron chi connectivity index (χ3n) is 32.2. The average Bonchev–Trinajstić information content (AvgIpc) is 0.770. The molecular weight excluding hydrogens is 1810 g/mol. The van der Waals surface area contributed by atoms with Gasteiger partial charge in [-0.15, -0.1) is 6.42 Å². The third kappa shape index (κ3) is 40.9. The first-order valence-corrected chi connectivity index (χ1v) is 79.5. The van der Waals surface area contributed by atoms with E-state index in [0.29, 0.717) is 81.1 Å². The molecule has 0 amide bonds. The molecule has 772 valence electrons. The van der Waals surface area contributed by atoms with Crippen LogP contribution < -0.4 is 4.43 Å². The molecule has 1 aromatic carbocycles. The molecule has 0 aliphatic carbocycles. The second-order valence-electron chi connectivity index (χ2n) is 54.5. The van der Waals surface area contributed by atoms with Gasteiger partial charge in [0.15, 0.2) is 66.5 Å². The molecule has 0 saturated carbocycles. The number of aliphatic hydroxyl groups is 1. The van der Waals surface area contributed by atoms with Gasteiger partial charge in [0.2, 0.25) is 8.32 Å². The lowest BCUT2D eigenvalue weighted by atomic mass is 10.0. The van der Waals surface area contributed by atoms with Crippen molar-refractivity contribution in [3.05, 3.63) is 107 Å². The Kier molecular flexibility index (Phi) is 48.3. The molecule has 0 aromatic heterocycles. The lowest BCUT2D eigenvalue weighted by molar-refractivity contribution is 0.00254. The minimum absolute atomic E-state index is 0.00615. The maximum atomic E-state index is 16.3. The highest BCUT2D eigenvalue weighted by Gasteiger charge is 2.52. The van der Waals surface area contributed by atoms with Crippen LogP contribution in [-0.4, -0.2) is 155 Å². The first-order valence-electron chi connectivity index (χ1n) is 51.2. The Balaban J connectivity index is 4.67. The number of carbonyl (C=O) groups is 1. The number of hydrogen-bond acceptors (Lipinski definition) is 13. The summed E-state index contributed by atoms with van der Waals surface area (Å²) in [5, 5.41) is 11.8. The van der Waals surface area contributed by atoms with Gasteiger partial charge in [-0.2, -0.15) is 0 Å². The molecule has 0 radical (unpaired) electrons. The number of allylic oxidation sites excluding steroid dienone is 7. The zero-order valence-corrected chi connectivity index (χ0v) is 107. The Morgan fingerprint density at radius 1 is 0.391 bits per heavy atom. The van der Waals surface area contributed by atoms with E-state index in [0.717, 1.165) is 11.3 Å². The van der Waals surface area contributed by atoms with E-state index >= 15 is 4.79 Å². The predicted octanol–water partition coefficient (Wildman–Crippen LogP) is 35.3. The summed E-state index contributed by atoms with van der Waals surface area (Å²) in [7, 11) is -23.9. The summed E-state index contributed by atoms with van der Waals surface area (Å²) >= 11 is 0. The summed E-state index contributed by atoms with van der Waals surface area (Å²) < 4.78 is 82.0. The summed E-state index contributed by atoms with van der Waals surface area (Å²) in [6, 6.07) is 6.04. The third-order valence-corrected chi connectivity index (χ3v) is 79.0. The normalized spacial score (nSPS) is 17.5. The van der Waals surface area contributed by atoms with Gasteiger partial charge in [-0.25, -0.2) is 4.79 Å². The topological polar surface area (TPSA) is 139 Å². The van der Waals surface area contributed by atoms with E-state index in [1.807, 2.05) is 42.5 Å². The van der Waals surface area contributed by atoms with Gasteiger partial charge < -0.3 is 54.1 Å². The zero-order chi connectivity index (χ0) is 105. The van der Waals surface area contributed by atoms with Crippen molar-refractivity contribution in [2.75, 3.05) is 0 Å². The van der Waals surface area contributed by atoms with Crippen LogP contribution in [0.1, 0.15) is 336 Å². The van der Waals surface area contributed by atoms with E-state index in [-0.39, 0.29) is 111 Å². The van der Waals surface area contributed by atoms with Crippen LogP contribution in [0.3, 0.4) is 0 Å². The van der Waals surface area contributed by atoms with Crippen molar-refractivity contribution in [2.45, 2.75) is 561 Å². The van der Waals surface area contributed by atoms with Crippen molar-refractivity contribution in [2.24, 2.45) is 0 Å². The van der Waals surface area contributed by atoms with Gasteiger partial charge in [-0.1, -0.05) is 312 Å². The highest BCUT2D eigenvalue weighted by Crippen LogP contribution is 2.50. The molecule has 1 N–H and O–H groups in total. The number of carbonyl (C=O) groups excluding carboxylic acids is 1. The maximum absolute atomic E-state index is 16.3. The Morgan fingerprint density at radius 2 is 0.737 bits per heavy atom. The van der Waals surface area contributed by atoms with Crippen LogP contribution in [0.15, 0.2) is 95.9 Å². The lowest BCUT2D eigenvalue weighted by Gasteiger charge is -2.43. The molecule has 0 aliphatic heterocycles. The molecule has 133 heavy (non-hydrogen) atoms. The second-order valence-corrected chi connectivity index (χ2v) is 103. The molecule has 10 atom stereocenters. The van der Waals surface area contributed by atoms with Crippen LogP contribution in [0.5, 0.6) is 5.75 Å². The Labute approximate surface area is 834 Å². The molecule has 1 aromatic rings. The number of aliphatic hydroxyl groups excluding tert-OH is 1. The number of esters is 1. The lowest BCUT2D eigenvalue weighted by Crippen LogP contribution is -2.51. The van der Waals surface area contributed by atoms with Crippen molar-refractivity contribution in [1.29, 1.82) is 0 Å². The van der Waals surface area contributed by atoms with Gasteiger partial charge in [0.25, 0.3) is 8.32 Å². The summed E-state index contributed by atoms with van der Waals surface area (Å²) in [5.41, 5.74) is 4.13. The van der Waals surface area contributed by atoms with Crippen LogP contribution in [0.2, 0.25) is 180 Å². The van der Waals surface area contributed by atoms with E-state index < -0.39 is 101 Å². The number of hydrogen-bond donors (Lipinski definition) is 1. The van der Waals surface area contributed by atoms with Gasteiger partial charge in [0, 0.05) is 44.3 Å². The molecule has 0 bridgehead atoms. The Hall–Kier alpha value is -2.16. The largest absolute Gasteiger partial charge is 0.547 e. The summed E-state index contributed by atoms with van der Waals surface area (Å²) in [4.78, 5) is 16.3. The molecule has 1 rings (SSSR count). The van der Waals surface area contributed by atoms with E-state index in [9.17, 15) is 5.11 Å². The predicted molar refractivity (Wildman–Crippen MR) is 607 cm³/mol. The number of benzene rings is 1. The maximum Gasteiger partial charge on any atom is 0.342 e. The number of ether oxygens (including phenoxy) is 1. The molecule has 13 nitrogen and oxygen atoms in total. The van der Waals surface area contributed by atoms with Crippen LogP contribution in [0.4, 0.5) is 0 Å². The standard InChI is InChI=1S/C110H214O13Si10/c1-57-65-85(8)72-94(118-128(47,48)106(24,25)26)78-92(117-127(45,46)105(21,22)23)70-64-69-91(116-126(43,44)104(18,19)20)77-93(75-88(11)115-125(41,42)103(15,16)17)113-101(112)100-89(68-63-71-99(100)123-133(82(2)3,83(4)5)84(6)7)67-62-60-58-59-61-66-86(9)73-95(119-129(49,50)107(27,28)29)79-97(121-131(53,54)109(33,34)35)81-98(122-132(55,56)110(36,37)38)80-96(120-130(51,52)108(30,31)32)76-90(111)74-87(10)114-124(39,40)102(12,13)14/h1,58-68,70-71,81-84,87-88,90-97,111H,69,72-80H2,2-56H3/b60-58+,61-59+,67-62+,70-64+,85-65+,86-66+,98-81+/t87-,88-,90-,91+,92-,93+,94+,95+,96+,97+/m1/s1. The second kappa shape index (κ2) is 49.9. The monoisotopic (exact) mass is 2020 g/mol. The quantitative estimate of drug-likeness (QED) is 0.0165. The van der Waals surface area contributed by atoms with Crippen LogP contribution in [0.25, 0.3) is 6.08 Å². The summed E-state index contributed by atoms with van der Waals surface area (Å²) in [5.74, 6) is 3.79. The van der Waals surface area contributed by atoms with Gasteiger partial charge in [0.1, 0.15) is 17.4 Å². The first kappa shape index (κ1) is 129. The Bertz CT molecular complexity index is 3970. The van der Waals surface area contributed by atoms with Crippen LogP contribution in [-0.2, 0) is 44.6 Å². The van der Waals surface area contributed by atoms with Gasteiger partial charge >= 0.3 is 5.97 Å². The van der Waals surface area contributed by atoms with Gasteiger partial charge in [-0.3, -0.25) is 0 Å². The highest BCUT2D eigenvalue weighted by molar-refractivity contribution is 6.79. The van der Waals surface area contributed by atoms with E-state index in [4.69, 9.17) is 55.4 Å². The fourth-order valence-corrected chi connectivity index (χ4v) is 32.2. The van der Waals surface area contributed by atoms with E-state index in [1.54, 1.807) is 0 Å². The summed E-state index contributed by atoms with van der Waals surface area (Å²) in [6.45, 7) is 126. The highest BCUT2D eigenvalue weighted by atomic mass is 28.4. The molecule has 0 heterocycles. The molecule has 0 saturated heterocycles. The molecule has 0 aliphatic rings. The zero-order valence-electron chi connectivity index (χ0n) is 97.1. The van der Waals surface area contributed by atoms with Crippen molar-refractivity contribution in [1.82, 2.24) is 0 Å². The van der Waals surface area contributed by atoms with E-state index in [1.165, 1.54) is 5.57 Å². The SMILES string of the molecule is C#C/C=C(\C)C[C@@H](C[C@@H](/C=C/C[C@@H](C[C@H](C[C@@H](C)O[Si](C)(C)C(C)(C)C)OC(=O)c1c(/C=C/C=C/C=C/C=C(\C)C[C@@H](C[C@@H](/C=C(\C[C@H](C[C@H](O)C[C@@H](C)O[Si](C)(C)C(C)(C)C)O[Si](C)(C)C(C)(C)C)O[Si](C)(C)C(C)(C)C)O[Si](C)(C)C(C)(C)C)O[Si](C)(C)C(C)(C)C)cccc1O[Si](C(C)C)(C(C)C)C(C)C)O[Si](C)(C)C(C)(C)C)O[Si](C)(C)C(C)(C)C)O[Si](C)(C)C(C)(C)C. The van der Waals surface area contributed by atoms with Crippen LogP contribution in [0, 0.1) is 12.3 Å². The van der Waals surface area contributed by atoms with Gasteiger partial charge in [0.05, 0.1) is 48.5 Å². The fourth-order valence-electron chi connectivity index (χ4n) is 14.9. The molecule has 0 unspecified atom stereocenters. The molecule has 0 fully saturated rings. The fraction of sp³-hybridized carbons (Fsp3) is 0.791. The van der Waals surface area contributed by atoms with E-state index in [2.05, 4.69) is 422 Å². The number of rotatable bonds is 51. The molecule has 0 spiro atoms. The van der Waals surface area contributed by atoms with Crippen molar-refractivity contribution in [3.63, 3.8) is 0 Å². The van der Waals surface area contributed by atoms with Crippen molar-refractivity contribution >= 4 is 95.2 Å².